The van der Waals surface area contributed by atoms with Gasteiger partial charge in [-0.25, -0.2) is 12.8 Å². The Labute approximate surface area is 137 Å². The van der Waals surface area contributed by atoms with Crippen molar-refractivity contribution < 1.29 is 17.6 Å². The highest BCUT2D eigenvalue weighted by molar-refractivity contribution is 7.92. The number of carbonyl (C=O) groups excluding carboxylic acids is 1. The number of aromatic nitrogens is 2. The van der Waals surface area contributed by atoms with E-state index in [1.165, 1.54) is 6.92 Å². The molecule has 2 aromatic carbocycles. The average molecular weight is 347 g/mol. The van der Waals surface area contributed by atoms with Crippen LogP contribution in [0.4, 0.5) is 10.1 Å². The van der Waals surface area contributed by atoms with Gasteiger partial charge in [0.05, 0.1) is 16.6 Å². The van der Waals surface area contributed by atoms with E-state index in [4.69, 9.17) is 0 Å². The summed E-state index contributed by atoms with van der Waals surface area (Å²) in [6.45, 7) is 1.29. The Bertz CT molecular complexity index is 997. The molecule has 3 rings (SSSR count). The van der Waals surface area contributed by atoms with Gasteiger partial charge in [-0.3, -0.25) is 9.89 Å². The number of carbonyl (C=O) groups is 1. The van der Waals surface area contributed by atoms with Crippen LogP contribution in [0.5, 0.6) is 0 Å². The molecule has 0 saturated heterocycles. The highest BCUT2D eigenvalue weighted by Gasteiger charge is 2.29. The number of nitrogens with zero attached hydrogens (tertiary/aromatic N) is 1. The third-order valence-corrected chi connectivity index (χ3v) is 5.76. The molecule has 1 heterocycles. The summed E-state index contributed by atoms with van der Waals surface area (Å²) in [7, 11) is -3.91. The molecule has 8 heteroatoms. The largest absolute Gasteiger partial charge is 0.325 e. The number of H-pyrrole nitrogens is 1. The molecule has 0 aliphatic rings. The van der Waals surface area contributed by atoms with Crippen LogP contribution in [-0.4, -0.2) is 29.8 Å². The molecule has 1 atom stereocenters. The Hall–Kier alpha value is -2.74. The summed E-state index contributed by atoms with van der Waals surface area (Å²) >= 11 is 0. The number of nitrogens with one attached hydrogen (secondary N) is 2. The lowest BCUT2D eigenvalue weighted by Gasteiger charge is -2.13. The predicted octanol–water partition coefficient (Wildman–Crippen LogP) is 2.50. The summed E-state index contributed by atoms with van der Waals surface area (Å²) in [4.78, 5) is 12.2. The van der Waals surface area contributed by atoms with Crippen LogP contribution in [0, 0.1) is 5.82 Å². The van der Waals surface area contributed by atoms with Gasteiger partial charge in [-0.2, -0.15) is 5.10 Å². The molecule has 0 aliphatic heterocycles. The van der Waals surface area contributed by atoms with Gasteiger partial charge in [-0.15, -0.1) is 0 Å². The maximum absolute atomic E-state index is 12.9. The van der Waals surface area contributed by atoms with Gasteiger partial charge in [0.15, 0.2) is 9.84 Å². The van der Waals surface area contributed by atoms with Crippen molar-refractivity contribution in [2.75, 3.05) is 5.32 Å². The van der Waals surface area contributed by atoms with Gasteiger partial charge in [0.25, 0.3) is 0 Å². The molecule has 0 saturated carbocycles. The first-order valence-electron chi connectivity index (χ1n) is 7.11. The number of hydrogen-bond donors (Lipinski definition) is 2. The van der Waals surface area contributed by atoms with Gasteiger partial charge in [0, 0.05) is 11.1 Å². The quantitative estimate of drug-likeness (QED) is 0.709. The number of halogens is 1. The molecule has 24 heavy (non-hydrogen) atoms. The molecule has 0 radical (unpaired) electrons. The molecule has 0 aliphatic carbocycles. The zero-order valence-corrected chi connectivity index (χ0v) is 13.5. The molecule has 0 spiro atoms. The average Bonchev–Trinajstić information content (AvgIpc) is 3.02. The zero-order valence-electron chi connectivity index (χ0n) is 12.7. The van der Waals surface area contributed by atoms with Crippen LogP contribution < -0.4 is 5.32 Å². The van der Waals surface area contributed by atoms with Crippen molar-refractivity contribution in [2.24, 2.45) is 0 Å². The first kappa shape index (κ1) is 16.1. The molecule has 2 N–H and O–H groups in total. The lowest BCUT2D eigenvalue weighted by atomic mass is 10.2. The molecule has 6 nitrogen and oxygen atoms in total. The Kier molecular flexibility index (Phi) is 4.06. The van der Waals surface area contributed by atoms with Crippen molar-refractivity contribution >= 4 is 32.3 Å². The van der Waals surface area contributed by atoms with Gasteiger partial charge in [0.1, 0.15) is 11.1 Å². The summed E-state index contributed by atoms with van der Waals surface area (Å²) in [5, 5.41) is 8.77. The van der Waals surface area contributed by atoms with E-state index in [1.807, 2.05) is 0 Å². The van der Waals surface area contributed by atoms with Crippen molar-refractivity contribution in [3.05, 3.63) is 54.5 Å². The maximum Gasteiger partial charge on any atom is 0.242 e. The van der Waals surface area contributed by atoms with Crippen molar-refractivity contribution in [1.82, 2.24) is 10.2 Å². The molecule has 124 valence electrons. The zero-order chi connectivity index (χ0) is 17.3. The SMILES string of the molecule is CC(C(=O)Nc1ccc2cn[nH]c2c1)S(=O)(=O)c1ccc(F)cc1. The normalized spacial score (nSPS) is 12.9. The van der Waals surface area contributed by atoms with Crippen LogP contribution in [0.3, 0.4) is 0 Å². The van der Waals surface area contributed by atoms with Crippen molar-refractivity contribution in [3.63, 3.8) is 0 Å². The lowest BCUT2D eigenvalue weighted by Crippen LogP contribution is -2.32. The fourth-order valence-corrected chi connectivity index (χ4v) is 3.49. The van der Waals surface area contributed by atoms with E-state index in [0.29, 0.717) is 5.69 Å². The predicted molar refractivity (Wildman–Crippen MR) is 87.8 cm³/mol. The van der Waals surface area contributed by atoms with Crippen LogP contribution in [0.1, 0.15) is 6.92 Å². The van der Waals surface area contributed by atoms with Gasteiger partial charge < -0.3 is 5.32 Å². The Morgan fingerprint density at radius 1 is 1.21 bits per heavy atom. The van der Waals surface area contributed by atoms with Crippen LogP contribution in [0.25, 0.3) is 10.9 Å². The number of aromatic amines is 1. The second-order valence-corrected chi connectivity index (χ2v) is 7.57. The van der Waals surface area contributed by atoms with E-state index in [1.54, 1.807) is 24.4 Å². The highest BCUT2D eigenvalue weighted by Crippen LogP contribution is 2.20. The van der Waals surface area contributed by atoms with Gasteiger partial charge in [0.2, 0.25) is 5.91 Å². The maximum atomic E-state index is 12.9. The molecule has 3 aromatic rings. The van der Waals surface area contributed by atoms with Gasteiger partial charge in [-0.1, -0.05) is 0 Å². The number of hydrogen-bond acceptors (Lipinski definition) is 4. The first-order valence-corrected chi connectivity index (χ1v) is 8.66. The summed E-state index contributed by atoms with van der Waals surface area (Å²) in [6.07, 6.45) is 1.64. The Balaban J connectivity index is 1.81. The minimum atomic E-state index is -3.91. The first-order chi connectivity index (χ1) is 11.4. The van der Waals surface area contributed by atoms with E-state index in [0.717, 1.165) is 35.2 Å². The van der Waals surface area contributed by atoms with Crippen LogP contribution in [0.2, 0.25) is 0 Å². The third kappa shape index (κ3) is 3.00. The van der Waals surface area contributed by atoms with Crippen molar-refractivity contribution in [3.8, 4) is 0 Å². The van der Waals surface area contributed by atoms with Crippen LogP contribution in [0.15, 0.2) is 53.6 Å². The minimum Gasteiger partial charge on any atom is -0.325 e. The summed E-state index contributed by atoms with van der Waals surface area (Å²) in [5.74, 6) is -1.21. The smallest absolute Gasteiger partial charge is 0.242 e. The number of fused-ring (bicyclic) bond motifs is 1. The standard InChI is InChI=1S/C16H14FN3O3S/c1-10(24(22,23)14-6-3-12(17)4-7-14)16(21)19-13-5-2-11-9-18-20-15(11)8-13/h2-10H,1H3,(H,18,20)(H,19,21). The lowest BCUT2D eigenvalue weighted by molar-refractivity contribution is -0.115. The summed E-state index contributed by atoms with van der Waals surface area (Å²) < 4.78 is 37.8. The molecule has 1 unspecified atom stereocenters. The summed E-state index contributed by atoms with van der Waals surface area (Å²) in [5.41, 5.74) is 1.18. The van der Waals surface area contributed by atoms with E-state index in [2.05, 4.69) is 15.5 Å². The van der Waals surface area contributed by atoms with E-state index in [-0.39, 0.29) is 4.90 Å². The molecule has 0 bridgehead atoms. The number of rotatable bonds is 4. The fraction of sp³-hybridized carbons (Fsp3) is 0.125. The monoisotopic (exact) mass is 347 g/mol. The van der Waals surface area contributed by atoms with E-state index in [9.17, 15) is 17.6 Å². The fourth-order valence-electron chi connectivity index (χ4n) is 2.23. The van der Waals surface area contributed by atoms with Gasteiger partial charge >= 0.3 is 0 Å². The second kappa shape index (κ2) is 6.04. The molecular formula is C16H14FN3O3S. The Morgan fingerprint density at radius 2 is 1.92 bits per heavy atom. The van der Waals surface area contributed by atoms with Crippen LogP contribution >= 0.6 is 0 Å². The third-order valence-electron chi connectivity index (χ3n) is 3.69. The molecule has 1 amide bonds. The van der Waals surface area contributed by atoms with E-state index >= 15 is 0 Å². The van der Waals surface area contributed by atoms with Crippen LogP contribution in [-0.2, 0) is 14.6 Å². The van der Waals surface area contributed by atoms with Crippen molar-refractivity contribution in [1.29, 1.82) is 0 Å². The van der Waals surface area contributed by atoms with E-state index < -0.39 is 26.8 Å². The molecule has 1 aromatic heterocycles. The minimum absolute atomic E-state index is 0.101. The summed E-state index contributed by atoms with van der Waals surface area (Å²) in [6, 6.07) is 9.46. The number of anilines is 1. The molecular weight excluding hydrogens is 333 g/mol. The van der Waals surface area contributed by atoms with Gasteiger partial charge in [-0.05, 0) is 49.4 Å². The number of benzene rings is 2. The van der Waals surface area contributed by atoms with Crippen molar-refractivity contribution in [2.45, 2.75) is 17.1 Å². The topological polar surface area (TPSA) is 91.9 Å². The second-order valence-electron chi connectivity index (χ2n) is 5.30. The number of amides is 1. The molecule has 0 fully saturated rings. The Morgan fingerprint density at radius 3 is 2.62 bits per heavy atom. The highest BCUT2D eigenvalue weighted by atomic mass is 32.2. The number of sulfone groups is 1.